The molecule has 13 heteroatoms. The molecule has 2 amide bonds. The van der Waals surface area contributed by atoms with Crippen LogP contribution in [0.5, 0.6) is 0 Å². The predicted octanol–water partition coefficient (Wildman–Crippen LogP) is 5.82. The zero-order valence-electron chi connectivity index (χ0n) is 25.6. The van der Waals surface area contributed by atoms with E-state index in [0.29, 0.717) is 25.9 Å². The average molecular weight is 635 g/mol. The minimum Gasteiger partial charge on any atom is -0.465 e. The molecule has 10 nitrogen and oxygen atoms in total. The molecule has 0 radical (unpaired) electrons. The van der Waals surface area contributed by atoms with Crippen molar-refractivity contribution in [3.8, 4) is 28.3 Å². The number of unbranched alkanes of at least 4 members (excludes halogenated alkanes) is 1. The van der Waals surface area contributed by atoms with Gasteiger partial charge in [0.15, 0.2) is 11.6 Å². The van der Waals surface area contributed by atoms with Crippen LogP contribution < -0.4 is 0 Å². The van der Waals surface area contributed by atoms with Gasteiger partial charge < -0.3 is 20.0 Å². The summed E-state index contributed by atoms with van der Waals surface area (Å²) in [5.41, 5.74) is -1.21. The quantitative estimate of drug-likeness (QED) is 0.237. The second-order valence-electron chi connectivity index (χ2n) is 12.1. The summed E-state index contributed by atoms with van der Waals surface area (Å²) in [7, 11) is 0. The Labute approximate surface area is 263 Å². The van der Waals surface area contributed by atoms with Gasteiger partial charge in [-0.3, -0.25) is 4.79 Å². The molecule has 2 heterocycles. The summed E-state index contributed by atoms with van der Waals surface area (Å²) in [4.78, 5) is 28.4. The molecular weight excluding hydrogens is 601 g/mol. The minimum absolute atomic E-state index is 0.0180. The van der Waals surface area contributed by atoms with Crippen molar-refractivity contribution in [1.82, 2.24) is 24.8 Å². The minimum atomic E-state index is -1.28. The van der Waals surface area contributed by atoms with E-state index in [9.17, 15) is 29.5 Å². The number of carbonyl (C=O) groups excluding carboxylic acids is 1. The Bertz CT molecular complexity index is 1860. The van der Waals surface area contributed by atoms with Crippen LogP contribution in [0.3, 0.4) is 0 Å². The Morgan fingerprint density at radius 1 is 1.09 bits per heavy atom. The Hall–Kier alpha value is -4.96. The molecule has 1 aliphatic rings. The van der Waals surface area contributed by atoms with Crippen LogP contribution in [0.15, 0.2) is 42.5 Å². The summed E-state index contributed by atoms with van der Waals surface area (Å²) in [6.45, 7) is 5.67. The van der Waals surface area contributed by atoms with Crippen LogP contribution in [0.25, 0.3) is 33.3 Å². The molecule has 3 aromatic carbocycles. The van der Waals surface area contributed by atoms with E-state index < -0.39 is 35.1 Å². The van der Waals surface area contributed by atoms with E-state index in [1.807, 2.05) is 6.92 Å². The van der Waals surface area contributed by atoms with Crippen molar-refractivity contribution in [2.45, 2.75) is 58.2 Å². The second-order valence-corrected chi connectivity index (χ2v) is 12.1. The maximum Gasteiger partial charge on any atom is 0.407 e. The standard InChI is InChI=1S/C33H33F3N6O4/c1-4-5-11-41(32(44)45)22-10-12-40(17-22)31(43)20-8-9-23(24(13-20)19-6-7-21(16-37)26(34)14-19)25-15-27-30(29(36)28(25)35)42(39-38-27)18-33(2,3)46/h6-9,13-15,22,46H,4-5,10-12,17-18H2,1-3H3,(H,44,45)/t22-/m0/s1. The SMILES string of the molecule is CCCCN(C(=O)O)[C@H]1CCN(C(=O)c2ccc(-c3cc4nnn(CC(C)(C)O)c4c(F)c3F)c(-c3ccc(C#N)c(F)c3)c2)C1. The second kappa shape index (κ2) is 12.8. The number of hydrogen-bond acceptors (Lipinski definition) is 6. The smallest absolute Gasteiger partial charge is 0.407 e. The summed E-state index contributed by atoms with van der Waals surface area (Å²) in [5, 5.41) is 37.0. The maximum atomic E-state index is 15.8. The van der Waals surface area contributed by atoms with Gasteiger partial charge in [0.2, 0.25) is 0 Å². The van der Waals surface area contributed by atoms with Crippen LogP contribution >= 0.6 is 0 Å². The van der Waals surface area contributed by atoms with Gasteiger partial charge in [0, 0.05) is 30.8 Å². The lowest BCUT2D eigenvalue weighted by Crippen LogP contribution is -2.42. The first-order valence-electron chi connectivity index (χ1n) is 14.9. The van der Waals surface area contributed by atoms with Crippen LogP contribution in [0, 0.1) is 28.8 Å². The number of carbonyl (C=O) groups is 2. The molecule has 0 spiro atoms. The monoisotopic (exact) mass is 634 g/mol. The van der Waals surface area contributed by atoms with Crippen LogP contribution in [-0.2, 0) is 6.54 Å². The third-order valence-corrected chi connectivity index (χ3v) is 8.06. The Balaban J connectivity index is 1.58. The fourth-order valence-corrected chi connectivity index (χ4v) is 5.80. The summed E-state index contributed by atoms with van der Waals surface area (Å²) in [6.07, 6.45) is 0.933. The van der Waals surface area contributed by atoms with E-state index in [-0.39, 0.29) is 63.5 Å². The Kier molecular flexibility index (Phi) is 9.03. The van der Waals surface area contributed by atoms with Gasteiger partial charge in [-0.1, -0.05) is 30.7 Å². The molecule has 5 rings (SSSR count). The molecule has 0 unspecified atom stereocenters. The lowest BCUT2D eigenvalue weighted by atomic mass is 9.91. The van der Waals surface area contributed by atoms with Crippen LogP contribution in [-0.4, -0.2) is 78.3 Å². The molecule has 4 aromatic rings. The Morgan fingerprint density at radius 3 is 2.50 bits per heavy atom. The number of rotatable bonds is 9. The zero-order chi connectivity index (χ0) is 33.3. The van der Waals surface area contributed by atoms with E-state index in [0.717, 1.165) is 17.2 Å². The van der Waals surface area contributed by atoms with Crippen molar-refractivity contribution < 1.29 is 33.0 Å². The third-order valence-electron chi connectivity index (χ3n) is 8.06. The van der Waals surface area contributed by atoms with E-state index >= 15 is 8.78 Å². The Morgan fingerprint density at radius 2 is 1.85 bits per heavy atom. The molecule has 1 atom stereocenters. The van der Waals surface area contributed by atoms with Gasteiger partial charge in [-0.2, -0.15) is 5.26 Å². The highest BCUT2D eigenvalue weighted by atomic mass is 19.2. The zero-order valence-corrected chi connectivity index (χ0v) is 25.6. The van der Waals surface area contributed by atoms with Crippen LogP contribution in [0.4, 0.5) is 18.0 Å². The van der Waals surface area contributed by atoms with E-state index in [2.05, 4.69) is 10.3 Å². The third kappa shape index (κ3) is 6.39. The molecule has 240 valence electrons. The topological polar surface area (TPSA) is 136 Å². The number of fused-ring (bicyclic) bond motifs is 1. The number of aliphatic hydroxyl groups is 1. The fraction of sp³-hybridized carbons (Fsp3) is 0.364. The summed E-state index contributed by atoms with van der Waals surface area (Å²) >= 11 is 0. The number of nitriles is 1. The van der Waals surface area contributed by atoms with Gasteiger partial charge >= 0.3 is 6.09 Å². The van der Waals surface area contributed by atoms with Crippen molar-refractivity contribution in [3.63, 3.8) is 0 Å². The van der Waals surface area contributed by atoms with Crippen molar-refractivity contribution in [2.24, 2.45) is 0 Å². The molecule has 1 aromatic heterocycles. The van der Waals surface area contributed by atoms with Crippen molar-refractivity contribution >= 4 is 23.0 Å². The molecule has 1 fully saturated rings. The maximum absolute atomic E-state index is 15.8. The lowest BCUT2D eigenvalue weighted by Gasteiger charge is -2.26. The molecule has 1 saturated heterocycles. The van der Waals surface area contributed by atoms with E-state index in [1.165, 1.54) is 60.0 Å². The first-order valence-corrected chi connectivity index (χ1v) is 14.9. The highest BCUT2D eigenvalue weighted by molar-refractivity contribution is 5.98. The van der Waals surface area contributed by atoms with Gasteiger partial charge in [-0.15, -0.1) is 5.10 Å². The molecule has 0 aliphatic carbocycles. The van der Waals surface area contributed by atoms with E-state index in [4.69, 9.17) is 0 Å². The van der Waals surface area contributed by atoms with Gasteiger partial charge in [0.25, 0.3) is 5.91 Å². The predicted molar refractivity (Wildman–Crippen MR) is 163 cm³/mol. The number of carboxylic acid groups (broad SMARTS) is 1. The first kappa shape index (κ1) is 32.4. The van der Waals surface area contributed by atoms with Gasteiger partial charge in [0.05, 0.1) is 23.8 Å². The number of amides is 2. The van der Waals surface area contributed by atoms with E-state index in [1.54, 1.807) is 6.07 Å². The lowest BCUT2D eigenvalue weighted by molar-refractivity contribution is 0.0583. The number of halogens is 3. The number of likely N-dealkylation sites (tertiary alicyclic amines) is 1. The number of aromatic nitrogens is 3. The van der Waals surface area contributed by atoms with Crippen LogP contribution in [0.1, 0.15) is 56.0 Å². The van der Waals surface area contributed by atoms with Gasteiger partial charge in [-0.05, 0) is 73.7 Å². The van der Waals surface area contributed by atoms with Gasteiger partial charge in [-0.25, -0.2) is 22.6 Å². The number of benzene rings is 3. The summed E-state index contributed by atoms with van der Waals surface area (Å²) in [6, 6.07) is 10.8. The van der Waals surface area contributed by atoms with Crippen molar-refractivity contribution in [2.75, 3.05) is 19.6 Å². The highest BCUT2D eigenvalue weighted by Crippen LogP contribution is 2.38. The largest absolute Gasteiger partial charge is 0.465 e. The van der Waals surface area contributed by atoms with Crippen molar-refractivity contribution in [3.05, 3.63) is 71.0 Å². The average Bonchev–Trinajstić information content (AvgIpc) is 3.65. The fourth-order valence-electron chi connectivity index (χ4n) is 5.80. The first-order chi connectivity index (χ1) is 21.8. The normalized spacial score (nSPS) is 14.9. The highest BCUT2D eigenvalue weighted by Gasteiger charge is 2.33. The van der Waals surface area contributed by atoms with Crippen molar-refractivity contribution in [1.29, 1.82) is 5.26 Å². The molecule has 1 aliphatic heterocycles. The molecule has 2 N–H and O–H groups in total. The summed E-state index contributed by atoms with van der Waals surface area (Å²) < 4.78 is 47.3. The molecular formula is C33H33F3N6O4. The van der Waals surface area contributed by atoms with Crippen LogP contribution in [0.2, 0.25) is 0 Å². The molecule has 46 heavy (non-hydrogen) atoms. The number of hydrogen-bond donors (Lipinski definition) is 2. The number of nitrogens with zero attached hydrogens (tertiary/aromatic N) is 6. The molecule has 0 saturated carbocycles. The van der Waals surface area contributed by atoms with Gasteiger partial charge in [0.1, 0.15) is 22.9 Å². The molecule has 0 bridgehead atoms. The summed E-state index contributed by atoms with van der Waals surface area (Å²) in [5.74, 6) is -3.71.